The van der Waals surface area contributed by atoms with Crippen LogP contribution in [0.15, 0.2) is 48.5 Å². The van der Waals surface area contributed by atoms with Crippen molar-refractivity contribution >= 4 is 32.5 Å². The number of sulfonamides is 1. The quantitative estimate of drug-likeness (QED) is 0.656. The first kappa shape index (κ1) is 17.0. The fourth-order valence-electron chi connectivity index (χ4n) is 2.80. The molecule has 1 amide bonds. The average molecular weight is 357 g/mol. The number of anilines is 1. The molecule has 0 spiro atoms. The Morgan fingerprint density at radius 3 is 2.64 bits per heavy atom. The fourth-order valence-corrected chi connectivity index (χ4v) is 3.35. The smallest absolute Gasteiger partial charge is 0.253 e. The molecule has 1 heterocycles. The first-order valence-electron chi connectivity index (χ1n) is 7.76. The number of hydrogen-bond acceptors (Lipinski definition) is 3. The third-order valence-electron chi connectivity index (χ3n) is 3.80. The van der Waals surface area contributed by atoms with Crippen molar-refractivity contribution in [2.75, 3.05) is 11.0 Å². The van der Waals surface area contributed by atoms with Crippen molar-refractivity contribution in [2.45, 2.75) is 13.5 Å². The highest BCUT2D eigenvalue weighted by Crippen LogP contribution is 2.21. The molecule has 0 aliphatic rings. The molecule has 3 rings (SSSR count). The maximum atomic E-state index is 12.6. The molecular formula is C18H19N3O3S. The number of aromatic amines is 1. The zero-order valence-corrected chi connectivity index (χ0v) is 14.8. The first-order chi connectivity index (χ1) is 11.8. The molecule has 7 heteroatoms. The zero-order chi connectivity index (χ0) is 18.0. The maximum absolute atomic E-state index is 12.6. The van der Waals surface area contributed by atoms with E-state index in [0.717, 1.165) is 28.4 Å². The van der Waals surface area contributed by atoms with Crippen LogP contribution in [0.5, 0.6) is 0 Å². The summed E-state index contributed by atoms with van der Waals surface area (Å²) >= 11 is 0. The molecule has 25 heavy (non-hydrogen) atoms. The summed E-state index contributed by atoms with van der Waals surface area (Å²) in [7, 11) is -3.33. The van der Waals surface area contributed by atoms with Gasteiger partial charge < -0.3 is 10.3 Å². The lowest BCUT2D eigenvalue weighted by Gasteiger charge is -2.08. The van der Waals surface area contributed by atoms with Crippen molar-refractivity contribution in [3.8, 4) is 0 Å². The van der Waals surface area contributed by atoms with E-state index in [-0.39, 0.29) is 5.91 Å². The lowest BCUT2D eigenvalue weighted by atomic mass is 10.1. The van der Waals surface area contributed by atoms with Gasteiger partial charge in [-0.1, -0.05) is 30.3 Å². The summed E-state index contributed by atoms with van der Waals surface area (Å²) in [5, 5.41) is 3.77. The monoisotopic (exact) mass is 357 g/mol. The van der Waals surface area contributed by atoms with Gasteiger partial charge in [-0.3, -0.25) is 9.52 Å². The number of carbonyl (C=O) groups excluding carboxylic acids is 1. The lowest BCUT2D eigenvalue weighted by Crippen LogP contribution is -2.23. The van der Waals surface area contributed by atoms with Crippen molar-refractivity contribution in [3.63, 3.8) is 0 Å². The topological polar surface area (TPSA) is 91.1 Å². The number of nitrogens with one attached hydrogen (secondary N) is 3. The standard InChI is InChI=1S/C18H19N3O3S/c1-12-17(15-8-3-4-9-16(15)20-12)18(22)19-11-13-6-5-7-14(10-13)21-25(2,23)24/h3-10,20-21H,11H2,1-2H3,(H,19,22). The Bertz CT molecular complexity index is 1040. The number of amides is 1. The predicted molar refractivity (Wildman–Crippen MR) is 99.1 cm³/mol. The molecule has 0 fully saturated rings. The van der Waals surface area contributed by atoms with E-state index >= 15 is 0 Å². The van der Waals surface area contributed by atoms with E-state index in [2.05, 4.69) is 15.0 Å². The second-order valence-corrected chi connectivity index (χ2v) is 7.68. The van der Waals surface area contributed by atoms with E-state index in [4.69, 9.17) is 0 Å². The third kappa shape index (κ3) is 4.00. The summed E-state index contributed by atoms with van der Waals surface area (Å²) in [6.07, 6.45) is 1.10. The van der Waals surface area contributed by atoms with E-state index in [1.165, 1.54) is 0 Å². The van der Waals surface area contributed by atoms with Gasteiger partial charge in [0, 0.05) is 28.8 Å². The van der Waals surface area contributed by atoms with E-state index in [0.29, 0.717) is 17.8 Å². The van der Waals surface area contributed by atoms with Gasteiger partial charge >= 0.3 is 0 Å². The van der Waals surface area contributed by atoms with E-state index in [1.54, 1.807) is 18.2 Å². The van der Waals surface area contributed by atoms with Crippen molar-refractivity contribution in [1.82, 2.24) is 10.3 Å². The molecular weight excluding hydrogens is 338 g/mol. The molecule has 0 aliphatic carbocycles. The van der Waals surface area contributed by atoms with Gasteiger partial charge in [-0.15, -0.1) is 0 Å². The largest absolute Gasteiger partial charge is 0.358 e. The second-order valence-electron chi connectivity index (χ2n) is 5.93. The van der Waals surface area contributed by atoms with E-state index in [9.17, 15) is 13.2 Å². The molecule has 0 aliphatic heterocycles. The van der Waals surface area contributed by atoms with Crippen LogP contribution >= 0.6 is 0 Å². The van der Waals surface area contributed by atoms with Crippen LogP contribution in [0.4, 0.5) is 5.69 Å². The number of rotatable bonds is 5. The molecule has 0 saturated heterocycles. The SMILES string of the molecule is Cc1[nH]c2ccccc2c1C(=O)NCc1cccc(NS(C)(=O)=O)c1. The van der Waals surface area contributed by atoms with Crippen LogP contribution in [0.25, 0.3) is 10.9 Å². The highest BCUT2D eigenvalue weighted by molar-refractivity contribution is 7.92. The molecule has 0 saturated carbocycles. The molecule has 6 nitrogen and oxygen atoms in total. The van der Waals surface area contributed by atoms with Gasteiger partial charge in [0.15, 0.2) is 0 Å². The van der Waals surface area contributed by atoms with Crippen LogP contribution in [0, 0.1) is 6.92 Å². The zero-order valence-electron chi connectivity index (χ0n) is 14.0. The van der Waals surface area contributed by atoms with Crippen LogP contribution < -0.4 is 10.0 Å². The van der Waals surface area contributed by atoms with Gasteiger partial charge in [-0.2, -0.15) is 0 Å². The van der Waals surface area contributed by atoms with Gasteiger partial charge in [0.1, 0.15) is 0 Å². The maximum Gasteiger partial charge on any atom is 0.253 e. The molecule has 3 aromatic rings. The van der Waals surface area contributed by atoms with Crippen molar-refractivity contribution in [2.24, 2.45) is 0 Å². The normalized spacial score (nSPS) is 11.4. The molecule has 2 aromatic carbocycles. The van der Waals surface area contributed by atoms with Gasteiger partial charge in [-0.05, 0) is 30.7 Å². The summed E-state index contributed by atoms with van der Waals surface area (Å²) < 4.78 is 25.0. The van der Waals surface area contributed by atoms with Crippen molar-refractivity contribution in [3.05, 3.63) is 65.4 Å². The Hall–Kier alpha value is -2.80. The number of fused-ring (bicyclic) bond motifs is 1. The Balaban J connectivity index is 1.76. The Labute approximate surface area is 146 Å². The minimum Gasteiger partial charge on any atom is -0.358 e. The minimum absolute atomic E-state index is 0.170. The number of hydrogen-bond donors (Lipinski definition) is 3. The molecule has 0 atom stereocenters. The lowest BCUT2D eigenvalue weighted by molar-refractivity contribution is 0.0952. The summed E-state index contributed by atoms with van der Waals surface area (Å²) in [6, 6.07) is 14.6. The summed E-state index contributed by atoms with van der Waals surface area (Å²) in [5.41, 5.74) is 3.63. The van der Waals surface area contributed by atoms with Crippen LogP contribution in [0.2, 0.25) is 0 Å². The first-order valence-corrected chi connectivity index (χ1v) is 9.65. The Kier molecular flexibility index (Phi) is 4.50. The van der Waals surface area contributed by atoms with E-state index < -0.39 is 10.0 Å². The minimum atomic E-state index is -3.33. The Morgan fingerprint density at radius 1 is 1.12 bits per heavy atom. The molecule has 0 radical (unpaired) electrons. The highest BCUT2D eigenvalue weighted by Gasteiger charge is 2.15. The van der Waals surface area contributed by atoms with Crippen LogP contribution in [0.1, 0.15) is 21.6 Å². The number of aryl methyl sites for hydroxylation is 1. The van der Waals surface area contributed by atoms with E-state index in [1.807, 2.05) is 37.3 Å². The van der Waals surface area contributed by atoms with Gasteiger partial charge in [0.25, 0.3) is 5.91 Å². The number of carbonyl (C=O) groups is 1. The number of para-hydroxylation sites is 1. The van der Waals surface area contributed by atoms with Crippen LogP contribution in [-0.2, 0) is 16.6 Å². The highest BCUT2D eigenvalue weighted by atomic mass is 32.2. The van der Waals surface area contributed by atoms with Crippen LogP contribution in [-0.4, -0.2) is 25.6 Å². The van der Waals surface area contributed by atoms with Gasteiger partial charge in [0.05, 0.1) is 11.8 Å². The third-order valence-corrected chi connectivity index (χ3v) is 4.41. The Morgan fingerprint density at radius 2 is 1.88 bits per heavy atom. The summed E-state index contributed by atoms with van der Waals surface area (Å²) in [6.45, 7) is 2.17. The van der Waals surface area contributed by atoms with Crippen molar-refractivity contribution < 1.29 is 13.2 Å². The molecule has 130 valence electrons. The van der Waals surface area contributed by atoms with Gasteiger partial charge in [-0.25, -0.2) is 8.42 Å². The molecule has 0 unspecified atom stereocenters. The second kappa shape index (κ2) is 6.60. The summed E-state index contributed by atoms with van der Waals surface area (Å²) in [5.74, 6) is -0.170. The number of aromatic nitrogens is 1. The van der Waals surface area contributed by atoms with Gasteiger partial charge in [0.2, 0.25) is 10.0 Å². The molecule has 0 bridgehead atoms. The fraction of sp³-hybridized carbons (Fsp3) is 0.167. The summed E-state index contributed by atoms with van der Waals surface area (Å²) in [4.78, 5) is 15.8. The average Bonchev–Trinajstić information content (AvgIpc) is 2.87. The predicted octanol–water partition coefficient (Wildman–Crippen LogP) is 2.78. The van der Waals surface area contributed by atoms with Crippen LogP contribution in [0.3, 0.4) is 0 Å². The number of H-pyrrole nitrogens is 1. The molecule has 1 aromatic heterocycles. The number of benzene rings is 2. The van der Waals surface area contributed by atoms with Crippen molar-refractivity contribution in [1.29, 1.82) is 0 Å². The molecule has 3 N–H and O–H groups in total.